The maximum absolute atomic E-state index is 5.96. The van der Waals surface area contributed by atoms with Crippen LogP contribution in [0.15, 0.2) is 0 Å². The first-order valence-electron chi connectivity index (χ1n) is 6.66. The van der Waals surface area contributed by atoms with Crippen LogP contribution < -0.4 is 5.73 Å². The van der Waals surface area contributed by atoms with Gasteiger partial charge in [-0.3, -0.25) is 4.90 Å². The van der Waals surface area contributed by atoms with Gasteiger partial charge in [0.25, 0.3) is 0 Å². The first-order chi connectivity index (χ1) is 7.20. The summed E-state index contributed by atoms with van der Waals surface area (Å²) < 4.78 is 0. The van der Waals surface area contributed by atoms with E-state index in [1.165, 1.54) is 38.6 Å². The van der Waals surface area contributed by atoms with Crippen LogP contribution in [-0.2, 0) is 0 Å². The Balaban J connectivity index is 2.54. The second-order valence-electron chi connectivity index (χ2n) is 5.15. The molecular weight excluding hydrogens is 184 g/mol. The Labute approximate surface area is 95.2 Å². The monoisotopic (exact) mass is 212 g/mol. The van der Waals surface area contributed by atoms with E-state index in [0.717, 1.165) is 18.5 Å². The van der Waals surface area contributed by atoms with Crippen molar-refractivity contribution in [3.63, 3.8) is 0 Å². The van der Waals surface area contributed by atoms with Gasteiger partial charge >= 0.3 is 0 Å². The molecule has 0 bridgehead atoms. The van der Waals surface area contributed by atoms with Gasteiger partial charge in [0.05, 0.1) is 0 Å². The lowest BCUT2D eigenvalue weighted by Gasteiger charge is -2.42. The molecule has 1 aliphatic heterocycles. The molecule has 1 rings (SSSR count). The van der Waals surface area contributed by atoms with Crippen molar-refractivity contribution in [2.75, 3.05) is 13.1 Å². The van der Waals surface area contributed by atoms with Crippen LogP contribution in [0.25, 0.3) is 0 Å². The molecule has 0 aliphatic carbocycles. The molecule has 0 amide bonds. The van der Waals surface area contributed by atoms with Crippen molar-refractivity contribution in [1.29, 1.82) is 0 Å². The van der Waals surface area contributed by atoms with Gasteiger partial charge in [0, 0.05) is 18.6 Å². The van der Waals surface area contributed by atoms with Crippen LogP contribution in [0, 0.1) is 5.92 Å². The molecule has 0 aromatic carbocycles. The molecular formula is C13H28N2. The molecule has 2 heteroatoms. The van der Waals surface area contributed by atoms with Gasteiger partial charge in [-0.15, -0.1) is 0 Å². The average Bonchev–Trinajstić information content (AvgIpc) is 2.22. The van der Waals surface area contributed by atoms with Crippen molar-refractivity contribution in [3.05, 3.63) is 0 Å². The third-order valence-electron chi connectivity index (χ3n) is 3.92. The number of hydrogen-bond acceptors (Lipinski definition) is 2. The molecule has 1 fully saturated rings. The molecule has 0 spiro atoms. The molecule has 3 unspecified atom stereocenters. The number of nitrogens with two attached hydrogens (primary N) is 1. The topological polar surface area (TPSA) is 29.3 Å². The smallest absolute Gasteiger partial charge is 0.0246 e. The molecule has 0 aromatic heterocycles. The van der Waals surface area contributed by atoms with Gasteiger partial charge in [0.1, 0.15) is 0 Å². The third kappa shape index (κ3) is 3.46. The van der Waals surface area contributed by atoms with Gasteiger partial charge < -0.3 is 5.73 Å². The Hall–Kier alpha value is -0.0800. The van der Waals surface area contributed by atoms with Crippen molar-refractivity contribution in [2.45, 2.75) is 65.0 Å². The Morgan fingerprint density at radius 1 is 1.40 bits per heavy atom. The summed E-state index contributed by atoms with van der Waals surface area (Å²) in [5.74, 6) is 0.751. The van der Waals surface area contributed by atoms with Crippen LogP contribution in [0.1, 0.15) is 52.9 Å². The van der Waals surface area contributed by atoms with Crippen molar-refractivity contribution in [2.24, 2.45) is 11.7 Å². The summed E-state index contributed by atoms with van der Waals surface area (Å²) in [6.07, 6.45) is 6.71. The fourth-order valence-electron chi connectivity index (χ4n) is 2.96. The van der Waals surface area contributed by atoms with E-state index in [1.807, 2.05) is 0 Å². The third-order valence-corrected chi connectivity index (χ3v) is 3.92. The Morgan fingerprint density at radius 3 is 2.67 bits per heavy atom. The lowest BCUT2D eigenvalue weighted by molar-refractivity contribution is 0.0755. The van der Waals surface area contributed by atoms with Crippen LogP contribution in [0.3, 0.4) is 0 Å². The quantitative estimate of drug-likeness (QED) is 0.759. The second-order valence-corrected chi connectivity index (χ2v) is 5.15. The Kier molecular flexibility index (Phi) is 5.62. The predicted molar refractivity (Wildman–Crippen MR) is 66.9 cm³/mol. The lowest BCUT2D eigenvalue weighted by atomic mass is 9.91. The van der Waals surface area contributed by atoms with E-state index >= 15 is 0 Å². The SMILES string of the molecule is CCCC(C)C(CN)N1CCCCC1C. The molecule has 3 atom stereocenters. The van der Waals surface area contributed by atoms with Crippen LogP contribution >= 0.6 is 0 Å². The predicted octanol–water partition coefficient (Wildman–Crippen LogP) is 2.62. The molecule has 1 saturated heterocycles. The summed E-state index contributed by atoms with van der Waals surface area (Å²) in [7, 11) is 0. The molecule has 2 N–H and O–H groups in total. The van der Waals surface area contributed by atoms with Crippen LogP contribution in [-0.4, -0.2) is 30.1 Å². The van der Waals surface area contributed by atoms with E-state index in [1.54, 1.807) is 0 Å². The lowest BCUT2D eigenvalue weighted by Crippen LogP contribution is -2.51. The standard InChI is InChI=1S/C13H28N2/c1-4-7-11(2)13(10-14)15-9-6-5-8-12(15)3/h11-13H,4-10,14H2,1-3H3. The number of nitrogens with zero attached hydrogens (tertiary/aromatic N) is 1. The molecule has 1 heterocycles. The molecule has 0 radical (unpaired) electrons. The van der Waals surface area contributed by atoms with E-state index in [2.05, 4.69) is 25.7 Å². The van der Waals surface area contributed by atoms with Gasteiger partial charge in [0.15, 0.2) is 0 Å². The fourth-order valence-corrected chi connectivity index (χ4v) is 2.96. The first kappa shape index (κ1) is 13.0. The van der Waals surface area contributed by atoms with Crippen molar-refractivity contribution < 1.29 is 0 Å². The highest BCUT2D eigenvalue weighted by molar-refractivity contribution is 4.84. The Morgan fingerprint density at radius 2 is 2.13 bits per heavy atom. The minimum atomic E-state index is 0.611. The van der Waals surface area contributed by atoms with Gasteiger partial charge in [0.2, 0.25) is 0 Å². The molecule has 90 valence electrons. The highest BCUT2D eigenvalue weighted by atomic mass is 15.2. The maximum Gasteiger partial charge on any atom is 0.0246 e. The van der Waals surface area contributed by atoms with Gasteiger partial charge in [-0.2, -0.15) is 0 Å². The number of piperidine rings is 1. The van der Waals surface area contributed by atoms with Crippen molar-refractivity contribution in [3.8, 4) is 0 Å². The summed E-state index contributed by atoms with van der Waals surface area (Å²) >= 11 is 0. The maximum atomic E-state index is 5.96. The number of likely N-dealkylation sites (tertiary alicyclic amines) is 1. The highest BCUT2D eigenvalue weighted by Crippen LogP contribution is 2.24. The Bertz CT molecular complexity index is 170. The van der Waals surface area contributed by atoms with Crippen LogP contribution in [0.2, 0.25) is 0 Å². The molecule has 2 nitrogen and oxygen atoms in total. The van der Waals surface area contributed by atoms with Gasteiger partial charge in [-0.05, 0) is 38.6 Å². The summed E-state index contributed by atoms with van der Waals surface area (Å²) in [6, 6.07) is 1.35. The summed E-state index contributed by atoms with van der Waals surface area (Å²) in [5.41, 5.74) is 5.96. The summed E-state index contributed by atoms with van der Waals surface area (Å²) in [4.78, 5) is 2.66. The largest absolute Gasteiger partial charge is 0.329 e. The van der Waals surface area contributed by atoms with E-state index in [-0.39, 0.29) is 0 Å². The van der Waals surface area contributed by atoms with Crippen molar-refractivity contribution in [1.82, 2.24) is 4.90 Å². The zero-order valence-corrected chi connectivity index (χ0v) is 10.7. The zero-order valence-electron chi connectivity index (χ0n) is 10.7. The minimum absolute atomic E-state index is 0.611. The number of rotatable bonds is 5. The van der Waals surface area contributed by atoms with Crippen LogP contribution in [0.5, 0.6) is 0 Å². The van der Waals surface area contributed by atoms with E-state index < -0.39 is 0 Å². The molecule has 0 aromatic rings. The summed E-state index contributed by atoms with van der Waals surface area (Å²) in [5, 5.41) is 0. The fraction of sp³-hybridized carbons (Fsp3) is 1.00. The molecule has 1 aliphatic rings. The van der Waals surface area contributed by atoms with E-state index in [0.29, 0.717) is 6.04 Å². The normalized spacial score (nSPS) is 27.6. The van der Waals surface area contributed by atoms with Crippen LogP contribution in [0.4, 0.5) is 0 Å². The van der Waals surface area contributed by atoms with Gasteiger partial charge in [-0.1, -0.05) is 26.7 Å². The molecule has 15 heavy (non-hydrogen) atoms. The summed E-state index contributed by atoms with van der Waals surface area (Å²) in [6.45, 7) is 9.08. The van der Waals surface area contributed by atoms with Crippen molar-refractivity contribution >= 4 is 0 Å². The second kappa shape index (κ2) is 6.49. The zero-order chi connectivity index (χ0) is 11.3. The highest BCUT2D eigenvalue weighted by Gasteiger charge is 2.28. The van der Waals surface area contributed by atoms with E-state index in [4.69, 9.17) is 5.73 Å². The first-order valence-corrected chi connectivity index (χ1v) is 6.66. The average molecular weight is 212 g/mol. The minimum Gasteiger partial charge on any atom is -0.329 e. The van der Waals surface area contributed by atoms with Gasteiger partial charge in [-0.25, -0.2) is 0 Å². The number of hydrogen-bond donors (Lipinski definition) is 1. The molecule has 0 saturated carbocycles. The van der Waals surface area contributed by atoms with E-state index in [9.17, 15) is 0 Å².